The highest BCUT2D eigenvalue weighted by molar-refractivity contribution is 7.57. The van der Waals surface area contributed by atoms with Crippen molar-refractivity contribution in [2.75, 3.05) is 52.4 Å². The third-order valence-corrected chi connectivity index (χ3v) is 6.92. The highest BCUT2D eigenvalue weighted by Crippen LogP contribution is 2.42. The van der Waals surface area contributed by atoms with E-state index in [9.17, 15) is 28.7 Å². The third-order valence-electron chi connectivity index (χ3n) is 5.32. The van der Waals surface area contributed by atoms with Crippen molar-refractivity contribution in [3.63, 3.8) is 0 Å². The quantitative estimate of drug-likeness (QED) is 0.0336. The smallest absolute Gasteiger partial charge is 0.114 e. The molecule has 19 nitrogen and oxygen atoms in total. The predicted molar refractivity (Wildman–Crippen MR) is 172 cm³/mol. The Morgan fingerprint density at radius 2 is 0.489 bits per heavy atom. The van der Waals surface area contributed by atoms with Crippen LogP contribution in [-0.4, -0.2) is 71.2 Å². The van der Waals surface area contributed by atoms with Gasteiger partial charge in [0.15, 0.2) is 0 Å². The first-order chi connectivity index (χ1) is 20.2. The van der Waals surface area contributed by atoms with Gasteiger partial charge in [-0.1, -0.05) is 55.4 Å². The van der Waals surface area contributed by atoms with E-state index in [1.807, 2.05) is 0 Å². The maximum Gasteiger partial charge on any atom is 0.114 e. The van der Waals surface area contributed by atoms with Crippen molar-refractivity contribution in [1.82, 2.24) is 0 Å². The predicted octanol–water partition coefficient (Wildman–Crippen LogP) is -1.86. The van der Waals surface area contributed by atoms with Crippen molar-refractivity contribution in [1.29, 1.82) is 0 Å². The first kappa shape index (κ1) is 54.2. The van der Waals surface area contributed by atoms with Gasteiger partial charge in [0.25, 0.3) is 0 Å². The lowest BCUT2D eigenvalue weighted by molar-refractivity contribution is -0.951. The van der Waals surface area contributed by atoms with Crippen LogP contribution in [0.25, 0.3) is 0 Å². The average Bonchev–Trinajstić information content (AvgIpc) is 2.78. The minimum atomic E-state index is -5.68. The van der Waals surface area contributed by atoms with Gasteiger partial charge in [0, 0.05) is 0 Å². The highest BCUT2D eigenvalue weighted by Gasteiger charge is 2.15. The largest absolute Gasteiger partial charge is 0.790 e. The number of hydrogen-bond donors (Lipinski definition) is 8. The fraction of sp³-hybridized carbons (Fsp3) is 1.00. The van der Waals surface area contributed by atoms with Gasteiger partial charge in [-0.25, -0.2) is 0 Å². The summed E-state index contributed by atoms with van der Waals surface area (Å²) in [5.74, 6) is 45.2. The van der Waals surface area contributed by atoms with Gasteiger partial charge < -0.3 is 33.0 Å². The average molecular weight is 703 g/mol. The summed E-state index contributed by atoms with van der Waals surface area (Å²) in [5.41, 5.74) is 0. The summed E-state index contributed by atoms with van der Waals surface area (Å²) >= 11 is 0. The minimum Gasteiger partial charge on any atom is -0.790 e. The van der Waals surface area contributed by atoms with E-state index in [4.69, 9.17) is 46.7 Å². The van der Waals surface area contributed by atoms with Crippen LogP contribution in [0.1, 0.15) is 107 Å². The maximum absolute atomic E-state index is 9.32. The summed E-state index contributed by atoms with van der Waals surface area (Å²) in [6, 6.07) is 0. The van der Waals surface area contributed by atoms with Crippen molar-refractivity contribution in [2.24, 2.45) is 46.7 Å². The van der Waals surface area contributed by atoms with Gasteiger partial charge in [0.05, 0.1) is 15.6 Å². The van der Waals surface area contributed by atoms with E-state index < -0.39 is 15.6 Å². The molecular weight excluding hydrogens is 630 g/mol. The molecule has 0 amide bonds. The molecule has 0 spiro atoms. The van der Waals surface area contributed by atoms with E-state index in [-0.39, 0.29) is 18.8 Å². The molecule has 21 heteroatoms. The summed E-state index contributed by atoms with van der Waals surface area (Å²) in [7, 11) is -11.4. The number of hydrogen-bond acceptors (Lipinski definition) is 15. The first-order valence-corrected chi connectivity index (χ1v) is 18.6. The van der Waals surface area contributed by atoms with Gasteiger partial charge in [0.2, 0.25) is 0 Å². The lowest BCUT2D eigenvalue weighted by Crippen LogP contribution is -2.61. The molecule has 16 N–H and O–H groups in total. The topological polar surface area (TPSA) is 344 Å². The van der Waals surface area contributed by atoms with Crippen LogP contribution in [0.15, 0.2) is 0 Å². The van der Waals surface area contributed by atoms with Crippen molar-refractivity contribution < 1.29 is 51.8 Å². The Morgan fingerprint density at radius 1 is 0.378 bits per heavy atom. The second kappa shape index (κ2) is 28.8. The van der Waals surface area contributed by atoms with E-state index in [1.165, 1.54) is 0 Å². The van der Waals surface area contributed by atoms with E-state index in [2.05, 4.69) is 59.7 Å². The fourth-order valence-corrected chi connectivity index (χ4v) is 4.88. The van der Waals surface area contributed by atoms with Crippen LogP contribution in [0.5, 0.6) is 0 Å². The molecule has 0 unspecified atom stereocenters. The molecule has 0 radical (unpaired) electrons. The van der Waals surface area contributed by atoms with Crippen molar-refractivity contribution in [3.8, 4) is 0 Å². The number of quaternary nitrogens is 4. The molecule has 0 saturated heterocycles. The lowest BCUT2D eigenvalue weighted by Gasteiger charge is -2.39. The van der Waals surface area contributed by atoms with Crippen LogP contribution >= 0.6 is 15.6 Å². The zero-order valence-corrected chi connectivity index (χ0v) is 31.3. The van der Waals surface area contributed by atoms with Gasteiger partial charge in [-0.15, -0.1) is 0 Å². The third kappa shape index (κ3) is 53.5. The highest BCUT2D eigenvalue weighted by atomic mass is 31.3. The van der Waals surface area contributed by atoms with E-state index in [0.717, 1.165) is 104 Å². The summed E-state index contributed by atoms with van der Waals surface area (Å²) in [5, 5.41) is 0. The lowest BCUT2D eigenvalue weighted by atomic mass is 10.4. The molecule has 280 valence electrons. The molecule has 0 aliphatic heterocycles. The standard InChI is InChI=1S/4C6H18N3.H4O7P2/c4*1-3-5-9(7,8)6-4-2;1-8(2,3)7-9(4,5)6/h4*3-8H2,1-2H3;(H2,1,2,3)(H2,4,5,6)/q4*+1;/p-4. The Hall–Kier alpha value is -0.220. The number of nitrogens with zero attached hydrogens (tertiary/aromatic N) is 4. The van der Waals surface area contributed by atoms with Gasteiger partial charge >= 0.3 is 0 Å². The second-order valence-electron chi connectivity index (χ2n) is 11.2. The molecule has 45 heavy (non-hydrogen) atoms. The summed E-state index contributed by atoms with van der Waals surface area (Å²) in [6.07, 6.45) is 8.39. The number of phosphoric acid groups is 2. The Kier molecular flexibility index (Phi) is 34.7. The van der Waals surface area contributed by atoms with E-state index in [1.54, 1.807) is 0 Å². The molecule has 0 aromatic carbocycles. The molecule has 0 aromatic rings. The number of rotatable bonds is 18. The molecule has 0 fully saturated rings. The maximum atomic E-state index is 9.32. The molecule has 0 aliphatic rings. The summed E-state index contributed by atoms with van der Waals surface area (Å²) < 4.78 is 21.9. The van der Waals surface area contributed by atoms with Crippen LogP contribution < -0.4 is 66.3 Å². The van der Waals surface area contributed by atoms with Crippen LogP contribution in [0, 0.1) is 0 Å². The zero-order valence-electron chi connectivity index (χ0n) is 29.5. The Bertz CT molecular complexity index is 624. The minimum absolute atomic E-state index is 0.188. The number of nitrogens with two attached hydrogens (primary N) is 8. The Labute approximate surface area is 273 Å². The van der Waals surface area contributed by atoms with Crippen molar-refractivity contribution >= 4 is 15.6 Å². The molecule has 0 atom stereocenters. The van der Waals surface area contributed by atoms with Gasteiger partial charge in [-0.05, 0) is 51.4 Å². The Balaban J connectivity index is -0.000000148. The molecule has 0 aliphatic carbocycles. The molecule has 0 saturated carbocycles. The Morgan fingerprint density at radius 3 is 0.533 bits per heavy atom. The monoisotopic (exact) mass is 703 g/mol. The second-order valence-corrected chi connectivity index (χ2v) is 13.6. The molecule has 0 rings (SSSR count). The molecule has 0 bridgehead atoms. The van der Waals surface area contributed by atoms with Crippen LogP contribution in [0.3, 0.4) is 0 Å². The van der Waals surface area contributed by atoms with E-state index in [0.29, 0.717) is 0 Å². The summed E-state index contributed by atoms with van der Waals surface area (Å²) in [4.78, 5) is 37.3. The SMILES string of the molecule is CCC[N+](N)(N)CCC.CCC[N+](N)(N)CCC.CCC[N+](N)(N)CCC.CCC[N+](N)(N)CCC.O=P([O-])([O-])OP(=O)([O-])[O-]. The van der Waals surface area contributed by atoms with Gasteiger partial charge in [-0.3, -0.25) is 0 Å². The first-order valence-electron chi connectivity index (χ1n) is 15.7. The molecule has 0 aromatic heterocycles. The van der Waals surface area contributed by atoms with Crippen LogP contribution in [0.2, 0.25) is 0 Å². The van der Waals surface area contributed by atoms with Gasteiger partial charge in [0.1, 0.15) is 52.4 Å². The zero-order chi connectivity index (χ0) is 37.0. The molecular formula is C24H72N12O7P2. The van der Waals surface area contributed by atoms with Crippen molar-refractivity contribution in [3.05, 3.63) is 0 Å². The van der Waals surface area contributed by atoms with Gasteiger partial charge in [-0.2, -0.15) is 65.5 Å². The summed E-state index contributed by atoms with van der Waals surface area (Å²) in [6.45, 7) is 23.6. The normalized spacial score (nSPS) is 12.4. The van der Waals surface area contributed by atoms with E-state index >= 15 is 0 Å². The van der Waals surface area contributed by atoms with Crippen molar-refractivity contribution in [2.45, 2.75) is 107 Å². The van der Waals surface area contributed by atoms with Crippen LogP contribution in [-0.2, 0) is 13.4 Å². The fourth-order valence-electron chi connectivity index (χ4n) is 3.90. The molecule has 0 heterocycles. The van der Waals surface area contributed by atoms with Crippen LogP contribution in [0.4, 0.5) is 0 Å².